The van der Waals surface area contributed by atoms with Crippen molar-refractivity contribution in [1.82, 2.24) is 4.57 Å². The molecule has 2 saturated carbocycles. The third-order valence-corrected chi connectivity index (χ3v) is 11.1. The molecule has 0 N–H and O–H groups in total. The lowest BCUT2D eigenvalue weighted by Crippen LogP contribution is -2.35. The maximum absolute atomic E-state index is 2.75. The molecule has 4 aliphatic rings. The average molecular weight is 494 g/mol. The monoisotopic (exact) mass is 493 g/mol. The van der Waals surface area contributed by atoms with Gasteiger partial charge in [0.2, 0.25) is 0 Å². The molecule has 2 nitrogen and oxygen atoms in total. The summed E-state index contributed by atoms with van der Waals surface area (Å²) in [6, 6.07) is 11.7. The van der Waals surface area contributed by atoms with Gasteiger partial charge >= 0.3 is 0 Å². The van der Waals surface area contributed by atoms with Crippen LogP contribution >= 0.6 is 0 Å². The van der Waals surface area contributed by atoms with Crippen molar-refractivity contribution >= 4 is 0 Å². The molecule has 0 radical (unpaired) electrons. The lowest BCUT2D eigenvalue weighted by atomic mass is 9.61. The van der Waals surface area contributed by atoms with Gasteiger partial charge in [0.15, 0.2) is 0 Å². The van der Waals surface area contributed by atoms with Crippen molar-refractivity contribution in [2.45, 2.75) is 110 Å². The minimum atomic E-state index is 0.578. The zero-order valence-electron chi connectivity index (χ0n) is 23.2. The number of nitrogens with zero attached hydrogens (tertiary/aromatic N) is 2. The summed E-state index contributed by atoms with van der Waals surface area (Å²) in [6.45, 7) is 2.27. The van der Waals surface area contributed by atoms with Gasteiger partial charge in [0.05, 0.1) is 12.6 Å². The van der Waals surface area contributed by atoms with Crippen LogP contribution in [-0.2, 0) is 32.7 Å². The van der Waals surface area contributed by atoms with Gasteiger partial charge in [0.1, 0.15) is 18.1 Å². The Morgan fingerprint density at radius 1 is 0.730 bits per heavy atom. The van der Waals surface area contributed by atoms with E-state index in [1.807, 2.05) is 0 Å². The molecule has 2 spiro atoms. The van der Waals surface area contributed by atoms with E-state index in [4.69, 9.17) is 0 Å². The molecule has 1 aromatic heterocycles. The molecule has 1 heterocycles. The van der Waals surface area contributed by atoms with Crippen LogP contribution in [0.15, 0.2) is 42.7 Å². The summed E-state index contributed by atoms with van der Waals surface area (Å²) in [6.07, 6.45) is 27.1. The highest BCUT2D eigenvalue weighted by Crippen LogP contribution is 2.52. The van der Waals surface area contributed by atoms with Crippen LogP contribution in [0, 0.1) is 17.8 Å². The smallest absolute Gasteiger partial charge is 0.232 e. The van der Waals surface area contributed by atoms with E-state index in [2.05, 4.69) is 65.8 Å². The summed E-state index contributed by atoms with van der Waals surface area (Å²) in [4.78, 5) is 0. The summed E-state index contributed by atoms with van der Waals surface area (Å²) in [7, 11) is 2.23. The van der Waals surface area contributed by atoms with Crippen molar-refractivity contribution in [3.63, 3.8) is 0 Å². The molecular formula is C35H45N2+. The second-order valence-electron chi connectivity index (χ2n) is 13.4. The first-order valence-corrected chi connectivity index (χ1v) is 15.4. The normalized spacial score (nSPS) is 22.1. The Kier molecular flexibility index (Phi) is 5.86. The number of aryl methyl sites for hydroxylation is 2. The first-order valence-electron chi connectivity index (χ1n) is 15.4. The van der Waals surface area contributed by atoms with E-state index in [1.165, 1.54) is 120 Å². The molecule has 0 unspecified atom stereocenters. The fraction of sp³-hybridized carbons (Fsp3) is 0.571. The van der Waals surface area contributed by atoms with Crippen LogP contribution in [0.25, 0.3) is 17.1 Å². The van der Waals surface area contributed by atoms with Crippen LogP contribution in [0.4, 0.5) is 0 Å². The topological polar surface area (TPSA) is 8.81 Å². The van der Waals surface area contributed by atoms with Crippen molar-refractivity contribution < 1.29 is 4.57 Å². The quantitative estimate of drug-likeness (QED) is 0.318. The molecule has 0 bridgehead atoms. The fourth-order valence-electron chi connectivity index (χ4n) is 9.06. The minimum absolute atomic E-state index is 0.578. The van der Waals surface area contributed by atoms with Crippen LogP contribution in [0.5, 0.6) is 0 Å². The van der Waals surface area contributed by atoms with Gasteiger partial charge in [-0.25, -0.2) is 4.57 Å². The largest absolute Gasteiger partial charge is 0.294 e. The van der Waals surface area contributed by atoms with E-state index in [-0.39, 0.29) is 0 Å². The van der Waals surface area contributed by atoms with Crippen molar-refractivity contribution in [2.75, 3.05) is 0 Å². The van der Waals surface area contributed by atoms with Crippen LogP contribution in [0.2, 0.25) is 0 Å². The number of rotatable bonds is 2. The predicted octanol–water partition coefficient (Wildman–Crippen LogP) is 8.16. The Balaban J connectivity index is 1.41. The van der Waals surface area contributed by atoms with Gasteiger partial charge in [-0.05, 0) is 105 Å². The molecule has 0 atom stereocenters. The summed E-state index contributed by atoms with van der Waals surface area (Å²) in [5.74, 6) is 1.34. The van der Waals surface area contributed by atoms with E-state index >= 15 is 0 Å². The Bertz CT molecular complexity index is 1260. The van der Waals surface area contributed by atoms with Gasteiger partial charge in [-0.3, -0.25) is 0 Å². The molecule has 3 aromatic rings. The molecule has 194 valence electrons. The molecule has 2 fully saturated rings. The third-order valence-electron chi connectivity index (χ3n) is 11.1. The number of imidazole rings is 1. The Labute approximate surface area is 224 Å². The number of hydrogen-bond donors (Lipinski definition) is 0. The number of hydrogen-bond acceptors (Lipinski definition) is 0. The Morgan fingerprint density at radius 2 is 1.30 bits per heavy atom. The summed E-state index contributed by atoms with van der Waals surface area (Å²) in [5.41, 5.74) is 12.2. The van der Waals surface area contributed by atoms with E-state index in [1.54, 1.807) is 27.9 Å². The fourth-order valence-corrected chi connectivity index (χ4v) is 9.06. The van der Waals surface area contributed by atoms with Crippen molar-refractivity contribution in [3.8, 4) is 17.1 Å². The van der Waals surface area contributed by atoms with Crippen LogP contribution in [-0.4, -0.2) is 4.57 Å². The Morgan fingerprint density at radius 3 is 1.86 bits per heavy atom. The molecule has 7 rings (SSSR count). The standard InChI is InChI=1S/C35H45N2/c1-26-11-5-6-12-29(26)33-36(2)21-22-37(33)32-30-13-19-34(15-7-3-8-16-34)24-27(30)23-28-25-35(20-14-31(28)32)17-9-4-10-18-35/h5-6,11-12,21-23H,3-4,7-10,13-20,24-25H2,1-2H3/q+1. The molecular weight excluding hydrogens is 448 g/mol. The first kappa shape index (κ1) is 23.7. The number of fused-ring (bicyclic) bond motifs is 2. The number of benzene rings is 2. The predicted molar refractivity (Wildman–Crippen MR) is 152 cm³/mol. The SMILES string of the molecule is Cc1ccccc1-c1n(-c2c3c(cc4c2CCC2(CCCCC2)C4)CC2(CCCCC2)CC3)cc[n+]1C. The molecule has 4 aliphatic carbocycles. The van der Waals surface area contributed by atoms with Gasteiger partial charge in [0, 0.05) is 11.1 Å². The second-order valence-corrected chi connectivity index (χ2v) is 13.4. The molecule has 2 heteroatoms. The highest BCUT2D eigenvalue weighted by atomic mass is 15.1. The molecule has 2 aromatic carbocycles. The van der Waals surface area contributed by atoms with Crippen LogP contribution in [0.1, 0.15) is 105 Å². The average Bonchev–Trinajstić information content (AvgIpc) is 3.29. The van der Waals surface area contributed by atoms with Gasteiger partial charge in [-0.1, -0.05) is 62.8 Å². The van der Waals surface area contributed by atoms with Crippen LogP contribution in [0.3, 0.4) is 0 Å². The zero-order valence-corrected chi connectivity index (χ0v) is 23.2. The number of aromatic nitrogens is 2. The second kappa shape index (κ2) is 9.14. The van der Waals surface area contributed by atoms with Gasteiger partial charge in [-0.15, -0.1) is 0 Å². The highest BCUT2D eigenvalue weighted by molar-refractivity contribution is 5.65. The Hall–Kier alpha value is -2.35. The summed E-state index contributed by atoms with van der Waals surface area (Å²) < 4.78 is 4.96. The van der Waals surface area contributed by atoms with Gasteiger partial charge < -0.3 is 0 Å². The third kappa shape index (κ3) is 4.01. The first-order chi connectivity index (χ1) is 18.1. The maximum Gasteiger partial charge on any atom is 0.294 e. The maximum atomic E-state index is 2.75. The summed E-state index contributed by atoms with van der Waals surface area (Å²) >= 11 is 0. The van der Waals surface area contributed by atoms with Crippen molar-refractivity contribution in [3.05, 3.63) is 70.5 Å². The zero-order chi connectivity index (χ0) is 25.0. The minimum Gasteiger partial charge on any atom is -0.232 e. The van der Waals surface area contributed by atoms with E-state index in [9.17, 15) is 0 Å². The summed E-state index contributed by atoms with van der Waals surface area (Å²) in [5, 5.41) is 0. The molecule has 0 saturated heterocycles. The van der Waals surface area contributed by atoms with E-state index < -0.39 is 0 Å². The van der Waals surface area contributed by atoms with Gasteiger partial charge in [-0.2, -0.15) is 4.57 Å². The van der Waals surface area contributed by atoms with E-state index in [0.717, 1.165) is 0 Å². The van der Waals surface area contributed by atoms with Crippen molar-refractivity contribution in [2.24, 2.45) is 17.9 Å². The van der Waals surface area contributed by atoms with Crippen molar-refractivity contribution in [1.29, 1.82) is 0 Å². The molecule has 0 aliphatic heterocycles. The highest BCUT2D eigenvalue weighted by Gasteiger charge is 2.42. The van der Waals surface area contributed by atoms with E-state index in [0.29, 0.717) is 10.8 Å². The molecule has 0 amide bonds. The van der Waals surface area contributed by atoms with Gasteiger partial charge in [0.25, 0.3) is 5.82 Å². The lowest BCUT2D eigenvalue weighted by molar-refractivity contribution is -0.659. The molecule has 37 heavy (non-hydrogen) atoms. The lowest BCUT2D eigenvalue weighted by Gasteiger charge is -2.44. The van der Waals surface area contributed by atoms with Crippen LogP contribution < -0.4 is 4.57 Å².